The summed E-state index contributed by atoms with van der Waals surface area (Å²) in [6.07, 6.45) is 1.68. The summed E-state index contributed by atoms with van der Waals surface area (Å²) < 4.78 is 7.24. The Hall–Kier alpha value is -3.74. The lowest BCUT2D eigenvalue weighted by molar-refractivity contribution is 0.0504. The Morgan fingerprint density at radius 1 is 1.07 bits per heavy atom. The maximum absolute atomic E-state index is 13.0. The fraction of sp³-hybridized carbons (Fsp3) is 0.182. The van der Waals surface area contributed by atoms with Crippen molar-refractivity contribution in [1.29, 1.82) is 0 Å². The lowest BCUT2D eigenvalue weighted by atomic mass is 10.2. The second-order valence-electron chi connectivity index (χ2n) is 6.90. The number of ether oxygens (including phenoxy) is 1. The molecule has 29 heavy (non-hydrogen) atoms. The molecule has 0 spiro atoms. The molecule has 0 aliphatic carbocycles. The Balaban J connectivity index is 1.93. The summed E-state index contributed by atoms with van der Waals surface area (Å²) in [5.41, 5.74) is 3.27. The van der Waals surface area contributed by atoms with Crippen LogP contribution in [0.2, 0.25) is 0 Å². The number of carbonyl (C=O) groups excluding carboxylic acids is 1. The van der Waals surface area contributed by atoms with E-state index in [1.807, 2.05) is 43.3 Å². The smallest absolute Gasteiger partial charge is 0.344 e. The van der Waals surface area contributed by atoms with Gasteiger partial charge < -0.3 is 9.72 Å². The van der Waals surface area contributed by atoms with Crippen molar-refractivity contribution in [3.8, 4) is 0 Å². The van der Waals surface area contributed by atoms with Gasteiger partial charge in [-0.1, -0.05) is 37.6 Å². The standard InChI is InChI=1S/C22H18N4O3/c1-2-3-12-29-22(28)17-18-20(24-15-10-6-5-9-14(15)23-18)26-16-11-7-4-8-13(16)21(27)25-19(17)26/h4-11H,2-3,12H2,1H3,(H,25,27). The number of benzene rings is 2. The summed E-state index contributed by atoms with van der Waals surface area (Å²) in [5, 5.41) is 0.512. The van der Waals surface area contributed by atoms with Crippen LogP contribution in [0.4, 0.5) is 0 Å². The van der Waals surface area contributed by atoms with E-state index in [1.54, 1.807) is 16.5 Å². The van der Waals surface area contributed by atoms with E-state index in [0.717, 1.165) is 12.8 Å². The van der Waals surface area contributed by atoms with Crippen molar-refractivity contribution in [2.45, 2.75) is 19.8 Å². The molecule has 0 aliphatic heterocycles. The first-order valence-corrected chi connectivity index (χ1v) is 9.58. The van der Waals surface area contributed by atoms with Crippen LogP contribution in [-0.2, 0) is 4.74 Å². The van der Waals surface area contributed by atoms with Crippen molar-refractivity contribution in [3.05, 3.63) is 64.4 Å². The zero-order valence-electron chi connectivity index (χ0n) is 15.8. The summed E-state index contributed by atoms with van der Waals surface area (Å²) >= 11 is 0. The van der Waals surface area contributed by atoms with Gasteiger partial charge >= 0.3 is 5.97 Å². The van der Waals surface area contributed by atoms with Gasteiger partial charge in [-0.15, -0.1) is 0 Å². The number of aromatic nitrogens is 4. The number of fused-ring (bicyclic) bond motifs is 6. The van der Waals surface area contributed by atoms with E-state index < -0.39 is 5.97 Å². The minimum Gasteiger partial charge on any atom is -0.462 e. The highest BCUT2D eigenvalue weighted by molar-refractivity contribution is 6.11. The Labute approximate surface area is 165 Å². The number of aromatic amines is 1. The molecule has 0 atom stereocenters. The minimum absolute atomic E-state index is 0.234. The Kier molecular flexibility index (Phi) is 4.01. The number of nitrogens with zero attached hydrogens (tertiary/aromatic N) is 3. The fourth-order valence-electron chi connectivity index (χ4n) is 3.61. The van der Waals surface area contributed by atoms with Gasteiger partial charge in [0.05, 0.1) is 28.5 Å². The van der Waals surface area contributed by atoms with Gasteiger partial charge in [0.25, 0.3) is 5.56 Å². The van der Waals surface area contributed by atoms with Crippen LogP contribution in [0, 0.1) is 0 Å². The second-order valence-corrected chi connectivity index (χ2v) is 6.90. The van der Waals surface area contributed by atoms with Gasteiger partial charge in [0.15, 0.2) is 5.65 Å². The highest BCUT2D eigenvalue weighted by Crippen LogP contribution is 2.28. The largest absolute Gasteiger partial charge is 0.462 e. The summed E-state index contributed by atoms with van der Waals surface area (Å²) in [5.74, 6) is -0.513. The van der Waals surface area contributed by atoms with Gasteiger partial charge in [-0.3, -0.25) is 9.20 Å². The number of H-pyrrole nitrogens is 1. The molecule has 5 aromatic rings. The highest BCUT2D eigenvalue weighted by Gasteiger charge is 2.25. The van der Waals surface area contributed by atoms with Crippen LogP contribution >= 0.6 is 0 Å². The predicted octanol–water partition coefficient (Wildman–Crippen LogP) is 3.83. The van der Waals surface area contributed by atoms with Crippen LogP contribution in [0.25, 0.3) is 38.7 Å². The van der Waals surface area contributed by atoms with Crippen molar-refractivity contribution in [1.82, 2.24) is 19.4 Å². The van der Waals surface area contributed by atoms with E-state index in [0.29, 0.717) is 45.4 Å². The molecule has 0 saturated carbocycles. The van der Waals surface area contributed by atoms with Gasteiger partial charge in [0, 0.05) is 0 Å². The molecule has 1 N–H and O–H groups in total. The van der Waals surface area contributed by atoms with E-state index in [9.17, 15) is 9.59 Å². The normalized spacial score (nSPS) is 11.6. The molecule has 7 heteroatoms. The van der Waals surface area contributed by atoms with Crippen molar-refractivity contribution < 1.29 is 9.53 Å². The first kappa shape index (κ1) is 17.4. The predicted molar refractivity (Wildman–Crippen MR) is 111 cm³/mol. The van der Waals surface area contributed by atoms with Crippen LogP contribution in [0.3, 0.4) is 0 Å². The zero-order chi connectivity index (χ0) is 20.0. The van der Waals surface area contributed by atoms with Crippen LogP contribution < -0.4 is 5.56 Å². The molecule has 0 saturated heterocycles. The number of unbranched alkanes of at least 4 members (excludes halogenated alkanes) is 1. The van der Waals surface area contributed by atoms with Gasteiger partial charge in [-0.2, -0.15) is 0 Å². The summed E-state index contributed by atoms with van der Waals surface area (Å²) in [6.45, 7) is 2.34. The Morgan fingerprint density at radius 3 is 2.59 bits per heavy atom. The molecular formula is C22H18N4O3. The van der Waals surface area contributed by atoms with Crippen LogP contribution in [-0.4, -0.2) is 31.9 Å². The molecule has 144 valence electrons. The lowest BCUT2D eigenvalue weighted by Crippen LogP contribution is -2.12. The van der Waals surface area contributed by atoms with Gasteiger partial charge in [-0.25, -0.2) is 14.8 Å². The SMILES string of the molecule is CCCCOC(=O)c1c2nc3ccccc3nc2n2c1[nH]c(=O)c1ccccc12. The average molecular weight is 386 g/mol. The first-order chi connectivity index (χ1) is 14.2. The number of esters is 1. The third kappa shape index (κ3) is 2.66. The number of nitrogens with one attached hydrogen (secondary N) is 1. The molecule has 0 unspecified atom stereocenters. The summed E-state index contributed by atoms with van der Waals surface area (Å²) in [4.78, 5) is 37.9. The Bertz CT molecular complexity index is 1470. The highest BCUT2D eigenvalue weighted by atomic mass is 16.5. The van der Waals surface area contributed by atoms with Crippen LogP contribution in [0.1, 0.15) is 30.1 Å². The quantitative estimate of drug-likeness (QED) is 0.374. The van der Waals surface area contributed by atoms with Crippen molar-refractivity contribution in [2.24, 2.45) is 0 Å². The molecule has 3 heterocycles. The number of para-hydroxylation sites is 3. The van der Waals surface area contributed by atoms with Gasteiger partial charge in [0.2, 0.25) is 0 Å². The maximum atomic E-state index is 13.0. The molecule has 5 rings (SSSR count). The third-order valence-corrected chi connectivity index (χ3v) is 5.02. The molecule has 7 nitrogen and oxygen atoms in total. The molecule has 0 fully saturated rings. The Morgan fingerprint density at radius 2 is 1.79 bits per heavy atom. The zero-order valence-corrected chi connectivity index (χ0v) is 15.8. The molecule has 3 aromatic heterocycles. The molecular weight excluding hydrogens is 368 g/mol. The number of hydrogen-bond donors (Lipinski definition) is 1. The van der Waals surface area contributed by atoms with Crippen molar-refractivity contribution in [2.75, 3.05) is 6.61 Å². The number of hydrogen-bond acceptors (Lipinski definition) is 5. The van der Waals surface area contributed by atoms with Crippen LogP contribution in [0.5, 0.6) is 0 Å². The molecule has 2 aromatic carbocycles. The molecule has 0 radical (unpaired) electrons. The van der Waals surface area contributed by atoms with Crippen molar-refractivity contribution in [3.63, 3.8) is 0 Å². The van der Waals surface area contributed by atoms with E-state index >= 15 is 0 Å². The molecule has 0 bridgehead atoms. The van der Waals surface area contributed by atoms with E-state index in [2.05, 4.69) is 4.98 Å². The average Bonchev–Trinajstić information content (AvgIpc) is 3.05. The van der Waals surface area contributed by atoms with Gasteiger partial charge in [0.1, 0.15) is 16.7 Å². The molecule has 0 aliphatic rings. The monoisotopic (exact) mass is 386 g/mol. The lowest BCUT2D eigenvalue weighted by Gasteiger charge is -2.05. The summed E-state index contributed by atoms with van der Waals surface area (Å²) in [7, 11) is 0. The fourth-order valence-corrected chi connectivity index (χ4v) is 3.61. The molecule has 0 amide bonds. The first-order valence-electron chi connectivity index (χ1n) is 9.58. The van der Waals surface area contributed by atoms with E-state index in [-0.39, 0.29) is 11.1 Å². The second kappa shape index (κ2) is 6.70. The van der Waals surface area contributed by atoms with Crippen LogP contribution in [0.15, 0.2) is 53.3 Å². The van der Waals surface area contributed by atoms with E-state index in [1.165, 1.54) is 0 Å². The maximum Gasteiger partial charge on any atom is 0.344 e. The minimum atomic E-state index is -0.513. The third-order valence-electron chi connectivity index (χ3n) is 5.02. The number of rotatable bonds is 4. The topological polar surface area (TPSA) is 89.3 Å². The summed E-state index contributed by atoms with van der Waals surface area (Å²) in [6, 6.07) is 14.7. The van der Waals surface area contributed by atoms with Crippen molar-refractivity contribution >= 4 is 44.7 Å². The van der Waals surface area contributed by atoms with Gasteiger partial charge in [-0.05, 0) is 30.7 Å². The van der Waals surface area contributed by atoms with E-state index in [4.69, 9.17) is 14.7 Å². The number of carbonyl (C=O) groups is 1.